The Hall–Kier alpha value is -2.60. The van der Waals surface area contributed by atoms with Gasteiger partial charge in [-0.05, 0) is 25.0 Å². The summed E-state index contributed by atoms with van der Waals surface area (Å²) in [6, 6.07) is 6.33. The molecule has 6 N–H and O–H groups in total. The lowest BCUT2D eigenvalue weighted by atomic mass is 9.98. The van der Waals surface area contributed by atoms with Crippen LogP contribution in [0.3, 0.4) is 0 Å². The summed E-state index contributed by atoms with van der Waals surface area (Å²) in [5.74, 6) is -1.37. The van der Waals surface area contributed by atoms with Crippen LogP contribution >= 0.6 is 0 Å². The molecule has 0 amide bonds. The molecular formula is C15H16O6. The zero-order valence-electron chi connectivity index (χ0n) is 11.1. The zero-order chi connectivity index (χ0) is 15.6. The molecule has 2 aromatic rings. The molecule has 2 aromatic carbocycles. The third-order valence-corrected chi connectivity index (χ3v) is 3.25. The normalized spacial score (nSPS) is 12.2. The number of rotatable bonds is 4. The molecule has 1 atom stereocenters. The number of hydrogen-bond donors (Lipinski definition) is 6. The van der Waals surface area contributed by atoms with Crippen LogP contribution in [-0.4, -0.2) is 30.6 Å². The van der Waals surface area contributed by atoms with Gasteiger partial charge in [-0.15, -0.1) is 0 Å². The summed E-state index contributed by atoms with van der Waals surface area (Å²) in [4.78, 5) is 0. The monoisotopic (exact) mass is 292 g/mol. The number of aliphatic hydroxyl groups excluding tert-OH is 1. The van der Waals surface area contributed by atoms with Crippen LogP contribution in [0.15, 0.2) is 30.3 Å². The molecule has 0 spiro atoms. The Morgan fingerprint density at radius 3 is 1.86 bits per heavy atom. The van der Waals surface area contributed by atoms with E-state index >= 15 is 0 Å². The van der Waals surface area contributed by atoms with Gasteiger partial charge in [-0.3, -0.25) is 0 Å². The van der Waals surface area contributed by atoms with Crippen molar-refractivity contribution in [1.29, 1.82) is 0 Å². The number of benzene rings is 2. The Labute approximate surface area is 120 Å². The third kappa shape index (κ3) is 3.11. The fraction of sp³-hybridized carbons (Fsp3) is 0.200. The van der Waals surface area contributed by atoms with Crippen LogP contribution in [0.1, 0.15) is 23.7 Å². The van der Waals surface area contributed by atoms with E-state index in [-0.39, 0.29) is 41.2 Å². The van der Waals surface area contributed by atoms with Crippen molar-refractivity contribution in [2.45, 2.75) is 18.9 Å². The molecule has 0 saturated carbocycles. The molecule has 1 unspecified atom stereocenters. The number of phenols is 5. The van der Waals surface area contributed by atoms with E-state index in [1.807, 2.05) is 0 Å². The Kier molecular flexibility index (Phi) is 4.09. The lowest BCUT2D eigenvalue weighted by Crippen LogP contribution is -2.01. The highest BCUT2D eigenvalue weighted by molar-refractivity contribution is 5.50. The van der Waals surface area contributed by atoms with Crippen molar-refractivity contribution in [3.8, 4) is 28.7 Å². The highest BCUT2D eigenvalue weighted by Crippen LogP contribution is 2.39. The average molecular weight is 292 g/mol. The molecule has 0 radical (unpaired) electrons. The Morgan fingerprint density at radius 1 is 0.810 bits per heavy atom. The summed E-state index contributed by atoms with van der Waals surface area (Å²) in [6.07, 6.45) is -1.03. The second-order valence-corrected chi connectivity index (χ2v) is 4.73. The van der Waals surface area contributed by atoms with Gasteiger partial charge in [0.05, 0.1) is 11.7 Å². The van der Waals surface area contributed by atoms with Crippen molar-refractivity contribution in [2.24, 2.45) is 0 Å². The van der Waals surface area contributed by atoms with E-state index in [0.29, 0.717) is 0 Å². The first kappa shape index (κ1) is 14.8. The van der Waals surface area contributed by atoms with Crippen molar-refractivity contribution >= 4 is 0 Å². The number of aromatic hydroxyl groups is 5. The van der Waals surface area contributed by atoms with Gasteiger partial charge >= 0.3 is 0 Å². The van der Waals surface area contributed by atoms with Gasteiger partial charge in [0.1, 0.15) is 28.7 Å². The van der Waals surface area contributed by atoms with Gasteiger partial charge in [0.2, 0.25) is 0 Å². The first-order valence-electron chi connectivity index (χ1n) is 6.33. The molecule has 21 heavy (non-hydrogen) atoms. The van der Waals surface area contributed by atoms with Crippen molar-refractivity contribution < 1.29 is 30.6 Å². The summed E-state index contributed by atoms with van der Waals surface area (Å²) < 4.78 is 0. The molecule has 0 aliphatic heterocycles. The van der Waals surface area contributed by atoms with Crippen molar-refractivity contribution in [3.05, 3.63) is 41.5 Å². The fourth-order valence-electron chi connectivity index (χ4n) is 2.19. The summed E-state index contributed by atoms with van der Waals surface area (Å²) >= 11 is 0. The largest absolute Gasteiger partial charge is 0.508 e. The summed E-state index contributed by atoms with van der Waals surface area (Å²) in [5.41, 5.74) is 0.164. The van der Waals surface area contributed by atoms with Gasteiger partial charge in [0, 0.05) is 17.7 Å². The minimum Gasteiger partial charge on any atom is -0.508 e. The van der Waals surface area contributed by atoms with E-state index in [1.165, 1.54) is 18.2 Å². The maximum Gasteiger partial charge on any atom is 0.128 e. The molecule has 0 fully saturated rings. The number of aliphatic hydroxyl groups is 1. The summed E-state index contributed by atoms with van der Waals surface area (Å²) in [5, 5.41) is 57.9. The Balaban J connectivity index is 2.18. The van der Waals surface area contributed by atoms with Crippen LogP contribution in [0, 0.1) is 0 Å². The van der Waals surface area contributed by atoms with E-state index in [1.54, 1.807) is 0 Å². The van der Waals surface area contributed by atoms with E-state index < -0.39 is 17.6 Å². The first-order chi connectivity index (χ1) is 9.90. The molecule has 112 valence electrons. The summed E-state index contributed by atoms with van der Waals surface area (Å²) in [7, 11) is 0. The standard InChI is InChI=1S/C15H16O6/c16-8-6-13(20)15(14(21)7-8)12(19)5-4-9-10(17)2-1-3-11(9)18/h1-3,6-7,12,16-21H,4-5H2. The lowest BCUT2D eigenvalue weighted by molar-refractivity contribution is 0.159. The molecular weight excluding hydrogens is 276 g/mol. The lowest BCUT2D eigenvalue weighted by Gasteiger charge is -2.15. The average Bonchev–Trinajstić information content (AvgIpc) is 2.36. The van der Waals surface area contributed by atoms with Crippen molar-refractivity contribution in [3.63, 3.8) is 0 Å². The van der Waals surface area contributed by atoms with Crippen molar-refractivity contribution in [1.82, 2.24) is 0 Å². The molecule has 0 heterocycles. The van der Waals surface area contributed by atoms with Gasteiger partial charge in [0.25, 0.3) is 0 Å². The van der Waals surface area contributed by atoms with Gasteiger partial charge in [-0.2, -0.15) is 0 Å². The van der Waals surface area contributed by atoms with Crippen LogP contribution in [0.5, 0.6) is 28.7 Å². The molecule has 0 aliphatic rings. The predicted molar refractivity (Wildman–Crippen MR) is 74.5 cm³/mol. The van der Waals surface area contributed by atoms with Crippen LogP contribution in [0.25, 0.3) is 0 Å². The molecule has 0 bridgehead atoms. The second-order valence-electron chi connectivity index (χ2n) is 4.73. The Bertz CT molecular complexity index is 609. The van der Waals surface area contributed by atoms with Crippen LogP contribution < -0.4 is 0 Å². The van der Waals surface area contributed by atoms with Gasteiger partial charge in [0.15, 0.2) is 0 Å². The van der Waals surface area contributed by atoms with Gasteiger partial charge in [-0.25, -0.2) is 0 Å². The molecule has 0 saturated heterocycles. The maximum atomic E-state index is 10.1. The third-order valence-electron chi connectivity index (χ3n) is 3.25. The smallest absolute Gasteiger partial charge is 0.128 e. The molecule has 2 rings (SSSR count). The highest BCUT2D eigenvalue weighted by atomic mass is 16.3. The highest BCUT2D eigenvalue weighted by Gasteiger charge is 2.19. The fourth-order valence-corrected chi connectivity index (χ4v) is 2.19. The Morgan fingerprint density at radius 2 is 1.33 bits per heavy atom. The van der Waals surface area contributed by atoms with Gasteiger partial charge in [-0.1, -0.05) is 6.07 Å². The first-order valence-corrected chi connectivity index (χ1v) is 6.33. The van der Waals surface area contributed by atoms with E-state index in [4.69, 9.17) is 0 Å². The van der Waals surface area contributed by atoms with Crippen LogP contribution in [0.4, 0.5) is 0 Å². The number of hydrogen-bond acceptors (Lipinski definition) is 6. The minimum atomic E-state index is -1.22. The minimum absolute atomic E-state index is 0.0526. The molecule has 6 heteroatoms. The van der Waals surface area contributed by atoms with Crippen molar-refractivity contribution in [2.75, 3.05) is 0 Å². The molecule has 0 aromatic heterocycles. The molecule has 0 aliphatic carbocycles. The summed E-state index contributed by atoms with van der Waals surface area (Å²) in [6.45, 7) is 0. The molecule has 6 nitrogen and oxygen atoms in total. The van der Waals surface area contributed by atoms with E-state index in [9.17, 15) is 30.6 Å². The topological polar surface area (TPSA) is 121 Å². The van der Waals surface area contributed by atoms with E-state index in [0.717, 1.165) is 12.1 Å². The van der Waals surface area contributed by atoms with Crippen LogP contribution in [-0.2, 0) is 6.42 Å². The second kappa shape index (κ2) is 5.80. The van der Waals surface area contributed by atoms with E-state index in [2.05, 4.69) is 0 Å². The maximum absolute atomic E-state index is 10.1. The van der Waals surface area contributed by atoms with Crippen LogP contribution in [0.2, 0.25) is 0 Å². The van der Waals surface area contributed by atoms with Gasteiger partial charge < -0.3 is 30.6 Å². The number of phenolic OH excluding ortho intramolecular Hbond substituents is 5. The predicted octanol–water partition coefficient (Wildman–Crippen LogP) is 1.88. The SMILES string of the molecule is Oc1cc(O)c(C(O)CCc2c(O)cccc2O)c(O)c1. The quantitative estimate of drug-likeness (QED) is 0.511. The zero-order valence-corrected chi connectivity index (χ0v) is 11.1.